The Labute approximate surface area is 267 Å². The predicted molar refractivity (Wildman–Crippen MR) is 175 cm³/mol. The van der Waals surface area contributed by atoms with Crippen molar-refractivity contribution in [3.05, 3.63) is 99.0 Å². The van der Waals surface area contributed by atoms with E-state index in [1.807, 2.05) is 50.4 Å². The number of aromatic hydroxyl groups is 1. The van der Waals surface area contributed by atoms with Gasteiger partial charge in [0.15, 0.2) is 0 Å². The maximum atomic E-state index is 14.1. The number of carbonyl (C=O) groups excluding carboxylic acids is 3. The highest BCUT2D eigenvalue weighted by molar-refractivity contribution is 7.09. The number of hydrogen-bond donors (Lipinski definition) is 2. The first kappa shape index (κ1) is 33.0. The van der Waals surface area contributed by atoms with Crippen molar-refractivity contribution >= 4 is 40.5 Å². The smallest absolute Gasteiger partial charge is 0.337 e. The van der Waals surface area contributed by atoms with Gasteiger partial charge < -0.3 is 29.7 Å². The van der Waals surface area contributed by atoms with Crippen molar-refractivity contribution in [1.29, 1.82) is 0 Å². The second kappa shape index (κ2) is 14.7. The lowest BCUT2D eigenvalue weighted by atomic mass is 10.0. The molecule has 0 aliphatic rings. The Bertz CT molecular complexity index is 1690. The lowest BCUT2D eigenvalue weighted by molar-refractivity contribution is 0.0600. The third-order valence-electron chi connectivity index (χ3n) is 7.36. The Hall–Kier alpha value is -4.90. The second-order valence-electron chi connectivity index (χ2n) is 10.7. The molecule has 1 unspecified atom stereocenters. The molecule has 1 aromatic heterocycles. The van der Waals surface area contributed by atoms with E-state index >= 15 is 0 Å². The molecule has 3 aromatic carbocycles. The van der Waals surface area contributed by atoms with E-state index in [0.29, 0.717) is 24.3 Å². The number of carbonyl (C=O) groups is 3. The van der Waals surface area contributed by atoms with Crippen molar-refractivity contribution < 1.29 is 29.0 Å². The molecule has 0 bridgehead atoms. The number of esters is 1. The Morgan fingerprint density at radius 3 is 2.33 bits per heavy atom. The summed E-state index contributed by atoms with van der Waals surface area (Å²) in [5.41, 5.74) is 3.18. The quantitative estimate of drug-likeness (QED) is 0.139. The molecule has 0 fully saturated rings. The summed E-state index contributed by atoms with van der Waals surface area (Å²) in [5.74, 6) is -0.773. The minimum Gasteiger partial charge on any atom is -0.506 e. The van der Waals surface area contributed by atoms with Crippen molar-refractivity contribution in [1.82, 2.24) is 9.88 Å². The van der Waals surface area contributed by atoms with Gasteiger partial charge in [-0.15, -0.1) is 11.3 Å². The molecule has 0 saturated heterocycles. The lowest BCUT2D eigenvalue weighted by Gasteiger charge is -2.29. The fourth-order valence-electron chi connectivity index (χ4n) is 4.77. The molecule has 0 spiro atoms. The zero-order valence-electron chi connectivity index (χ0n) is 26.3. The van der Waals surface area contributed by atoms with Crippen LogP contribution in [0.15, 0.2) is 66.0 Å². The summed E-state index contributed by atoms with van der Waals surface area (Å²) in [7, 11) is 4.49. The summed E-state index contributed by atoms with van der Waals surface area (Å²) in [4.78, 5) is 47.7. The summed E-state index contributed by atoms with van der Waals surface area (Å²) >= 11 is 1.45. The number of amides is 2. The zero-order valence-corrected chi connectivity index (χ0v) is 27.1. The fraction of sp³-hybridized carbons (Fsp3) is 0.294. The van der Waals surface area contributed by atoms with E-state index < -0.39 is 11.9 Å². The molecule has 2 amide bonds. The van der Waals surface area contributed by atoms with Gasteiger partial charge in [-0.1, -0.05) is 19.1 Å². The van der Waals surface area contributed by atoms with Crippen molar-refractivity contribution in [2.75, 3.05) is 31.5 Å². The van der Waals surface area contributed by atoms with E-state index in [1.165, 1.54) is 47.6 Å². The number of phenols is 1. The average molecular weight is 631 g/mol. The van der Waals surface area contributed by atoms with E-state index in [-0.39, 0.29) is 40.9 Å². The Balaban J connectivity index is 1.64. The number of nitrogens with one attached hydrogen (secondary N) is 1. The molecule has 0 aliphatic carbocycles. The summed E-state index contributed by atoms with van der Waals surface area (Å²) in [5, 5.41) is 16.8. The monoisotopic (exact) mass is 630 g/mol. The Morgan fingerprint density at radius 2 is 1.71 bits per heavy atom. The second-order valence-corrected chi connectivity index (χ2v) is 11.6. The number of rotatable bonds is 12. The largest absolute Gasteiger partial charge is 0.506 e. The van der Waals surface area contributed by atoms with Crippen LogP contribution in [0, 0.1) is 6.92 Å². The van der Waals surface area contributed by atoms with Gasteiger partial charge in [-0.25, -0.2) is 9.78 Å². The minimum absolute atomic E-state index is 0.0327. The van der Waals surface area contributed by atoms with E-state index in [2.05, 4.69) is 10.3 Å². The van der Waals surface area contributed by atoms with Crippen molar-refractivity contribution in [2.45, 2.75) is 46.3 Å². The number of hydrogen-bond acceptors (Lipinski definition) is 9. The van der Waals surface area contributed by atoms with Crippen LogP contribution in [0.25, 0.3) is 0 Å². The van der Waals surface area contributed by atoms with Gasteiger partial charge in [0.25, 0.3) is 11.8 Å². The molecule has 45 heavy (non-hydrogen) atoms. The number of benzene rings is 3. The Kier molecular flexibility index (Phi) is 10.8. The van der Waals surface area contributed by atoms with Crippen LogP contribution in [0.2, 0.25) is 0 Å². The molecular formula is C34H38N4O6S. The molecule has 0 saturated carbocycles. The van der Waals surface area contributed by atoms with Gasteiger partial charge in [-0.3, -0.25) is 9.59 Å². The van der Waals surface area contributed by atoms with Crippen LogP contribution in [0.1, 0.15) is 67.6 Å². The van der Waals surface area contributed by atoms with Gasteiger partial charge in [0.2, 0.25) is 0 Å². The van der Waals surface area contributed by atoms with Gasteiger partial charge in [0.1, 0.15) is 16.5 Å². The van der Waals surface area contributed by atoms with Crippen LogP contribution in [0.3, 0.4) is 0 Å². The highest BCUT2D eigenvalue weighted by Crippen LogP contribution is 2.32. The SMILES string of the molecule is CCC(C)N(C(=O)c1cc(C(=O)OC)cc(C(=O)N(C)Cc2nc(C)cs2)c1)c1ccc(NCc2cccc(OC)c2)c(O)c1. The van der Waals surface area contributed by atoms with Crippen molar-refractivity contribution in [3.8, 4) is 11.5 Å². The molecular weight excluding hydrogens is 592 g/mol. The molecule has 4 rings (SSSR count). The minimum atomic E-state index is -0.670. The third kappa shape index (κ3) is 7.98. The first-order chi connectivity index (χ1) is 21.5. The number of aromatic nitrogens is 1. The predicted octanol–water partition coefficient (Wildman–Crippen LogP) is 6.28. The summed E-state index contributed by atoms with van der Waals surface area (Å²) in [6.45, 7) is 6.45. The van der Waals surface area contributed by atoms with Crippen LogP contribution >= 0.6 is 11.3 Å². The number of aryl methyl sites for hydroxylation is 1. The van der Waals surface area contributed by atoms with Crippen LogP contribution in [-0.2, 0) is 17.8 Å². The number of thiazole rings is 1. The normalized spacial score (nSPS) is 11.4. The number of anilines is 2. The van der Waals surface area contributed by atoms with E-state index in [9.17, 15) is 19.5 Å². The topological polar surface area (TPSA) is 121 Å². The molecule has 10 nitrogen and oxygen atoms in total. The summed E-state index contributed by atoms with van der Waals surface area (Å²) < 4.78 is 10.2. The lowest BCUT2D eigenvalue weighted by Crippen LogP contribution is -2.38. The van der Waals surface area contributed by atoms with E-state index in [4.69, 9.17) is 9.47 Å². The Morgan fingerprint density at radius 1 is 1.00 bits per heavy atom. The van der Waals surface area contributed by atoms with Crippen LogP contribution in [0.5, 0.6) is 11.5 Å². The van der Waals surface area contributed by atoms with E-state index in [0.717, 1.165) is 22.0 Å². The highest BCUT2D eigenvalue weighted by atomic mass is 32.1. The van der Waals surface area contributed by atoms with Crippen LogP contribution < -0.4 is 15.0 Å². The van der Waals surface area contributed by atoms with Gasteiger partial charge in [-0.2, -0.15) is 0 Å². The first-order valence-electron chi connectivity index (χ1n) is 14.5. The molecule has 1 heterocycles. The molecule has 4 aromatic rings. The number of ether oxygens (including phenoxy) is 2. The first-order valence-corrected chi connectivity index (χ1v) is 15.4. The van der Waals surface area contributed by atoms with Gasteiger partial charge in [0, 0.05) is 53.6 Å². The summed E-state index contributed by atoms with van der Waals surface area (Å²) in [6, 6.07) is 16.7. The molecule has 2 N–H and O–H groups in total. The van der Waals surface area contributed by atoms with Gasteiger partial charge in [-0.05, 0) is 68.3 Å². The van der Waals surface area contributed by atoms with Gasteiger partial charge >= 0.3 is 5.97 Å². The van der Waals surface area contributed by atoms with Crippen molar-refractivity contribution in [3.63, 3.8) is 0 Å². The maximum Gasteiger partial charge on any atom is 0.337 e. The molecule has 11 heteroatoms. The molecule has 0 aliphatic heterocycles. The number of nitrogens with zero attached hydrogens (tertiary/aromatic N) is 3. The average Bonchev–Trinajstić information content (AvgIpc) is 3.47. The van der Waals surface area contributed by atoms with Crippen molar-refractivity contribution in [2.24, 2.45) is 0 Å². The fourth-order valence-corrected chi connectivity index (χ4v) is 5.60. The number of phenolic OH excluding ortho intramolecular Hbond substituents is 1. The van der Waals surface area contributed by atoms with Gasteiger partial charge in [0.05, 0.1) is 32.0 Å². The summed E-state index contributed by atoms with van der Waals surface area (Å²) in [6.07, 6.45) is 0.612. The molecule has 236 valence electrons. The highest BCUT2D eigenvalue weighted by Gasteiger charge is 2.26. The standard InChI is InChI=1S/C34H38N4O6S/c1-7-22(3)38(27-11-12-29(30(39)17-27)35-18-23-9-8-10-28(13-23)43-5)33(41)25-14-24(15-26(16-25)34(42)44-6)32(40)37(4)19-31-36-21(2)20-45-31/h8-17,20,22,35,39H,7,18-19H2,1-6H3. The third-order valence-corrected chi connectivity index (χ3v) is 8.31. The molecule has 0 radical (unpaired) electrons. The molecule has 1 atom stereocenters. The number of methoxy groups -OCH3 is 2. The zero-order chi connectivity index (χ0) is 32.7. The van der Waals surface area contributed by atoms with E-state index in [1.54, 1.807) is 31.2 Å². The maximum absolute atomic E-state index is 14.1. The van der Waals surface area contributed by atoms with Crippen LogP contribution in [-0.4, -0.2) is 60.1 Å². The van der Waals surface area contributed by atoms with Crippen LogP contribution in [0.4, 0.5) is 11.4 Å².